The predicted octanol–water partition coefficient (Wildman–Crippen LogP) is 3.57. The van der Waals surface area contributed by atoms with E-state index in [1.807, 2.05) is 32.9 Å². The minimum absolute atomic E-state index is 0.262. The molecule has 126 valence electrons. The van der Waals surface area contributed by atoms with Gasteiger partial charge in [0.1, 0.15) is 5.60 Å². The standard InChI is InChI=1S/C18H25NO4/c1-18(2,3)23-17(22)19-10-8-13(9-11-19)12-14-6-4-5-7-15(14)16(20)21/h4-7,13H,8-12H2,1-3H3,(H,20,21). The van der Waals surface area contributed by atoms with Gasteiger partial charge in [-0.2, -0.15) is 0 Å². The van der Waals surface area contributed by atoms with Gasteiger partial charge in [0.05, 0.1) is 5.56 Å². The molecule has 5 nitrogen and oxygen atoms in total. The summed E-state index contributed by atoms with van der Waals surface area (Å²) in [7, 11) is 0. The molecule has 1 aliphatic rings. The van der Waals surface area contributed by atoms with Crippen molar-refractivity contribution in [2.24, 2.45) is 5.92 Å². The normalized spacial score (nSPS) is 16.2. The topological polar surface area (TPSA) is 66.8 Å². The molecule has 1 aromatic rings. The number of benzene rings is 1. The van der Waals surface area contributed by atoms with Crippen molar-refractivity contribution in [3.8, 4) is 0 Å². The molecule has 1 aliphatic heterocycles. The summed E-state index contributed by atoms with van der Waals surface area (Å²) >= 11 is 0. The van der Waals surface area contributed by atoms with E-state index in [-0.39, 0.29) is 6.09 Å². The summed E-state index contributed by atoms with van der Waals surface area (Å²) in [6, 6.07) is 7.15. The van der Waals surface area contributed by atoms with Crippen molar-refractivity contribution in [2.45, 2.75) is 45.6 Å². The number of amides is 1. The zero-order valence-electron chi connectivity index (χ0n) is 14.0. The molecule has 1 N–H and O–H groups in total. The fraction of sp³-hybridized carbons (Fsp3) is 0.556. The average molecular weight is 319 g/mol. The molecular formula is C18H25NO4. The molecule has 1 fully saturated rings. The van der Waals surface area contributed by atoms with Crippen molar-refractivity contribution in [1.82, 2.24) is 4.90 Å². The summed E-state index contributed by atoms with van der Waals surface area (Å²) in [4.78, 5) is 25.1. The zero-order valence-corrected chi connectivity index (χ0v) is 14.0. The van der Waals surface area contributed by atoms with Gasteiger partial charge in [0.25, 0.3) is 0 Å². The summed E-state index contributed by atoms with van der Waals surface area (Å²) in [6.07, 6.45) is 2.22. The Morgan fingerprint density at radius 1 is 1.22 bits per heavy atom. The van der Waals surface area contributed by atoms with E-state index in [0.717, 1.165) is 24.8 Å². The summed E-state index contributed by atoms with van der Waals surface area (Å²) < 4.78 is 5.39. The van der Waals surface area contributed by atoms with Gasteiger partial charge in [-0.15, -0.1) is 0 Å². The Morgan fingerprint density at radius 3 is 2.39 bits per heavy atom. The smallest absolute Gasteiger partial charge is 0.410 e. The first kappa shape index (κ1) is 17.3. The highest BCUT2D eigenvalue weighted by molar-refractivity contribution is 5.89. The van der Waals surface area contributed by atoms with Gasteiger partial charge in [0.15, 0.2) is 0 Å². The second kappa shape index (κ2) is 7.02. The van der Waals surface area contributed by atoms with Gasteiger partial charge in [-0.25, -0.2) is 9.59 Å². The van der Waals surface area contributed by atoms with Crippen LogP contribution in [-0.2, 0) is 11.2 Å². The Balaban J connectivity index is 1.91. The first-order chi connectivity index (χ1) is 10.8. The number of hydrogen-bond donors (Lipinski definition) is 1. The monoisotopic (exact) mass is 319 g/mol. The maximum absolute atomic E-state index is 12.0. The van der Waals surface area contributed by atoms with Crippen LogP contribution in [-0.4, -0.2) is 40.8 Å². The first-order valence-corrected chi connectivity index (χ1v) is 8.05. The quantitative estimate of drug-likeness (QED) is 0.925. The van der Waals surface area contributed by atoms with Crippen LogP contribution in [0, 0.1) is 5.92 Å². The molecule has 0 aromatic heterocycles. The molecule has 0 radical (unpaired) electrons. The van der Waals surface area contributed by atoms with Crippen LogP contribution in [0.1, 0.15) is 49.5 Å². The molecule has 1 heterocycles. The molecule has 0 unspecified atom stereocenters. The SMILES string of the molecule is CC(C)(C)OC(=O)N1CCC(Cc2ccccc2C(=O)O)CC1. The number of carboxylic acid groups (broad SMARTS) is 1. The van der Waals surface area contributed by atoms with Gasteiger partial charge in [-0.05, 0) is 57.6 Å². The number of carbonyl (C=O) groups is 2. The van der Waals surface area contributed by atoms with Crippen molar-refractivity contribution >= 4 is 12.1 Å². The van der Waals surface area contributed by atoms with Gasteiger partial charge in [0.2, 0.25) is 0 Å². The first-order valence-electron chi connectivity index (χ1n) is 8.05. The van der Waals surface area contributed by atoms with Crippen LogP contribution >= 0.6 is 0 Å². The largest absolute Gasteiger partial charge is 0.478 e. The Labute approximate surface area is 137 Å². The van der Waals surface area contributed by atoms with Crippen molar-refractivity contribution < 1.29 is 19.4 Å². The highest BCUT2D eigenvalue weighted by Gasteiger charge is 2.27. The lowest BCUT2D eigenvalue weighted by Crippen LogP contribution is -2.42. The zero-order chi connectivity index (χ0) is 17.0. The van der Waals surface area contributed by atoms with Crippen molar-refractivity contribution in [3.05, 3.63) is 35.4 Å². The molecule has 5 heteroatoms. The number of carboxylic acids is 1. The molecule has 0 saturated carbocycles. The van der Waals surface area contributed by atoms with E-state index in [4.69, 9.17) is 4.74 Å². The third-order valence-electron chi connectivity index (χ3n) is 4.02. The van der Waals surface area contributed by atoms with Gasteiger partial charge < -0.3 is 14.7 Å². The lowest BCUT2D eigenvalue weighted by Gasteiger charge is -2.33. The number of carbonyl (C=O) groups excluding carboxylic acids is 1. The number of piperidine rings is 1. The predicted molar refractivity (Wildman–Crippen MR) is 87.6 cm³/mol. The molecule has 0 atom stereocenters. The van der Waals surface area contributed by atoms with Crippen LogP contribution in [0.3, 0.4) is 0 Å². The number of rotatable bonds is 3. The van der Waals surface area contributed by atoms with Gasteiger partial charge in [0, 0.05) is 13.1 Å². The van der Waals surface area contributed by atoms with Gasteiger partial charge in [-0.1, -0.05) is 18.2 Å². The van der Waals surface area contributed by atoms with Crippen LogP contribution in [0.2, 0.25) is 0 Å². The Morgan fingerprint density at radius 2 is 1.83 bits per heavy atom. The number of aromatic carboxylic acids is 1. The number of ether oxygens (including phenoxy) is 1. The molecule has 1 amide bonds. The highest BCUT2D eigenvalue weighted by atomic mass is 16.6. The molecule has 2 rings (SSSR count). The molecule has 1 aromatic carbocycles. The summed E-state index contributed by atoms with van der Waals surface area (Å²) in [5, 5.41) is 9.25. The number of hydrogen-bond acceptors (Lipinski definition) is 3. The lowest BCUT2D eigenvalue weighted by molar-refractivity contribution is 0.0184. The second-order valence-electron chi connectivity index (χ2n) is 7.08. The minimum atomic E-state index is -0.883. The molecule has 1 saturated heterocycles. The maximum Gasteiger partial charge on any atom is 0.410 e. The third kappa shape index (κ3) is 4.98. The van der Waals surface area contributed by atoms with E-state index >= 15 is 0 Å². The highest BCUT2D eigenvalue weighted by Crippen LogP contribution is 2.24. The minimum Gasteiger partial charge on any atom is -0.478 e. The van der Waals surface area contributed by atoms with Crippen LogP contribution in [0.25, 0.3) is 0 Å². The van der Waals surface area contributed by atoms with Gasteiger partial charge >= 0.3 is 12.1 Å². The van der Waals surface area contributed by atoms with E-state index in [2.05, 4.69) is 0 Å². The van der Waals surface area contributed by atoms with E-state index in [1.54, 1.807) is 17.0 Å². The van der Waals surface area contributed by atoms with Crippen LogP contribution < -0.4 is 0 Å². The fourth-order valence-electron chi connectivity index (χ4n) is 2.86. The van der Waals surface area contributed by atoms with Crippen LogP contribution in [0.5, 0.6) is 0 Å². The Bertz CT molecular complexity index is 569. The summed E-state index contributed by atoms with van der Waals surface area (Å²) in [5.74, 6) is -0.485. The fourth-order valence-corrected chi connectivity index (χ4v) is 2.86. The van der Waals surface area contributed by atoms with Gasteiger partial charge in [-0.3, -0.25) is 0 Å². The van der Waals surface area contributed by atoms with Crippen LogP contribution in [0.4, 0.5) is 4.79 Å². The molecule has 0 bridgehead atoms. The third-order valence-corrected chi connectivity index (χ3v) is 4.02. The van der Waals surface area contributed by atoms with Crippen molar-refractivity contribution in [2.75, 3.05) is 13.1 Å². The summed E-state index contributed by atoms with van der Waals surface area (Å²) in [5.41, 5.74) is 0.770. The Hall–Kier alpha value is -2.04. The van der Waals surface area contributed by atoms with E-state index < -0.39 is 11.6 Å². The molecule has 23 heavy (non-hydrogen) atoms. The van der Waals surface area contributed by atoms with E-state index in [0.29, 0.717) is 24.6 Å². The van der Waals surface area contributed by atoms with E-state index in [1.165, 1.54) is 0 Å². The lowest BCUT2D eigenvalue weighted by atomic mass is 9.88. The van der Waals surface area contributed by atoms with Crippen molar-refractivity contribution in [3.63, 3.8) is 0 Å². The summed E-state index contributed by atoms with van der Waals surface area (Å²) in [6.45, 7) is 6.91. The molecular weight excluding hydrogens is 294 g/mol. The Kier molecular flexibility index (Phi) is 5.29. The van der Waals surface area contributed by atoms with Crippen LogP contribution in [0.15, 0.2) is 24.3 Å². The second-order valence-corrected chi connectivity index (χ2v) is 7.08. The maximum atomic E-state index is 12.0. The number of likely N-dealkylation sites (tertiary alicyclic amines) is 1. The average Bonchev–Trinajstić information content (AvgIpc) is 2.46. The van der Waals surface area contributed by atoms with Crippen molar-refractivity contribution in [1.29, 1.82) is 0 Å². The van der Waals surface area contributed by atoms with E-state index in [9.17, 15) is 14.7 Å². The molecule has 0 aliphatic carbocycles. The molecule has 0 spiro atoms. The number of nitrogens with zero attached hydrogens (tertiary/aromatic N) is 1.